The molecule has 12 atom stereocenters. The molecule has 5 heterocycles. The van der Waals surface area contributed by atoms with Crippen LogP contribution in [0.25, 0.3) is 0 Å². The molecule has 24 nitrogen and oxygen atoms in total. The normalized spacial score (nSPS) is 27.2. The number of ether oxygens (including phenoxy) is 5. The molecule has 1 aliphatic carbocycles. The number of allylic oxidation sites excluding steroid dienone is 1. The summed E-state index contributed by atoms with van der Waals surface area (Å²) in [5.74, 6) is -19.4. The lowest BCUT2D eigenvalue weighted by Gasteiger charge is -2.51. The molecule has 434 valence electrons. The number of fused-ring (bicyclic) bond motifs is 10. The van der Waals surface area contributed by atoms with Crippen molar-refractivity contribution in [2.24, 2.45) is 0 Å². The van der Waals surface area contributed by atoms with Crippen LogP contribution in [0.2, 0.25) is 0 Å². The van der Waals surface area contributed by atoms with Gasteiger partial charge in [-0.25, -0.2) is 0 Å². The highest BCUT2D eigenvalue weighted by molar-refractivity contribution is 5.74. The van der Waals surface area contributed by atoms with Gasteiger partial charge in [0.1, 0.15) is 81.9 Å². The van der Waals surface area contributed by atoms with Crippen molar-refractivity contribution in [2.45, 2.75) is 85.2 Å². The molecule has 24 heteroatoms. The Balaban J connectivity index is 1.07. The SMILES string of the molecule is OC1=CC(O)=C2C(C1)OC(c1ccc(O)c(O)c1)C(O)C2c1c(O)cc2c(c1O)C1c3c(cc(O)c4c3OC(c3ccc(O)c(O)c3)C(O)C4c3c(O)cc(O)c4c3OC(c3ccc(O)c(O)c3)C(O)C4)OC(c3ccc(O)c(O)c3)(O2)C1O. The number of hydrogen-bond acceptors (Lipinski definition) is 24. The van der Waals surface area contributed by atoms with E-state index >= 15 is 0 Å². The Morgan fingerprint density at radius 3 is 1.50 bits per heavy atom. The number of phenolic OH excluding ortho intramolecular Hbond substituents is 13. The van der Waals surface area contributed by atoms with Crippen molar-refractivity contribution in [1.82, 2.24) is 0 Å². The lowest BCUT2D eigenvalue weighted by atomic mass is 9.69. The van der Waals surface area contributed by atoms with Crippen molar-refractivity contribution in [3.05, 3.63) is 170 Å². The van der Waals surface area contributed by atoms with Crippen LogP contribution >= 0.6 is 0 Å². The minimum absolute atomic E-state index is 0.0564. The maximum atomic E-state index is 13.2. The summed E-state index contributed by atoms with van der Waals surface area (Å²) in [5, 5.41) is 218. The number of aliphatic hydroxyl groups is 6. The van der Waals surface area contributed by atoms with Gasteiger partial charge in [-0.05, 0) is 71.3 Å². The van der Waals surface area contributed by atoms with E-state index < -0.39 is 193 Å². The highest BCUT2D eigenvalue weighted by atomic mass is 16.7. The number of aromatic hydroxyl groups is 13. The fourth-order valence-electron chi connectivity index (χ4n) is 12.9. The van der Waals surface area contributed by atoms with Gasteiger partial charge in [-0.15, -0.1) is 0 Å². The summed E-state index contributed by atoms with van der Waals surface area (Å²) in [7, 11) is 0. The molecule has 0 radical (unpaired) electrons. The van der Waals surface area contributed by atoms with E-state index in [2.05, 4.69) is 0 Å². The number of benzene rings is 7. The second kappa shape index (κ2) is 18.8. The first-order valence-corrected chi connectivity index (χ1v) is 26.0. The summed E-state index contributed by atoms with van der Waals surface area (Å²) in [6.07, 6.45) is -13.3. The second-order valence-electron chi connectivity index (χ2n) is 21.5. The van der Waals surface area contributed by atoms with Crippen LogP contribution in [-0.4, -0.2) is 128 Å². The highest BCUT2D eigenvalue weighted by Crippen LogP contribution is 2.67. The molecule has 6 aliphatic rings. The molecule has 1 saturated heterocycles. The van der Waals surface area contributed by atoms with Crippen LogP contribution in [0.15, 0.2) is 114 Å². The molecule has 19 N–H and O–H groups in total. The average Bonchev–Trinajstić information content (AvgIpc) is 1.16. The van der Waals surface area contributed by atoms with Gasteiger partial charge in [0, 0.05) is 87.6 Å². The Labute approximate surface area is 472 Å². The van der Waals surface area contributed by atoms with Gasteiger partial charge in [-0.3, -0.25) is 0 Å². The zero-order valence-corrected chi connectivity index (χ0v) is 43.0. The van der Waals surface area contributed by atoms with E-state index in [1.54, 1.807) is 0 Å². The van der Waals surface area contributed by atoms with Gasteiger partial charge in [-0.2, -0.15) is 0 Å². The third-order valence-corrected chi connectivity index (χ3v) is 16.7. The highest BCUT2D eigenvalue weighted by Gasteiger charge is 2.62. The summed E-state index contributed by atoms with van der Waals surface area (Å²) >= 11 is 0. The Hall–Kier alpha value is -9.98. The number of phenols is 13. The van der Waals surface area contributed by atoms with Crippen LogP contribution in [0, 0.1) is 0 Å². The van der Waals surface area contributed by atoms with Crippen molar-refractivity contribution >= 4 is 0 Å². The van der Waals surface area contributed by atoms with Crippen LogP contribution < -0.4 is 18.9 Å². The Morgan fingerprint density at radius 2 is 0.905 bits per heavy atom. The van der Waals surface area contributed by atoms with Gasteiger partial charge in [0.15, 0.2) is 52.1 Å². The summed E-state index contributed by atoms with van der Waals surface area (Å²) in [6, 6.07) is 16.5. The number of rotatable bonds is 6. The zero-order chi connectivity index (χ0) is 59.4. The van der Waals surface area contributed by atoms with Crippen LogP contribution in [0.4, 0.5) is 0 Å². The molecule has 12 unspecified atom stereocenters. The van der Waals surface area contributed by atoms with Gasteiger partial charge in [0.05, 0.1) is 35.9 Å². The molecule has 0 spiro atoms. The first-order chi connectivity index (χ1) is 40.0. The van der Waals surface area contributed by atoms with E-state index in [9.17, 15) is 97.0 Å². The molecular weight excluding hydrogens is 1100 g/mol. The maximum Gasteiger partial charge on any atom is 0.305 e. The first-order valence-electron chi connectivity index (χ1n) is 26.0. The van der Waals surface area contributed by atoms with Crippen molar-refractivity contribution in [1.29, 1.82) is 0 Å². The molecule has 5 aliphatic heterocycles. The third kappa shape index (κ3) is 7.78. The predicted octanol–water partition coefficient (Wildman–Crippen LogP) is 5.90. The molecule has 0 aromatic heterocycles. The minimum Gasteiger partial charge on any atom is -0.512 e. The fraction of sp³-hybridized carbons (Fsp3) is 0.233. The van der Waals surface area contributed by atoms with Gasteiger partial charge in [0.25, 0.3) is 0 Å². The molecule has 7 aromatic rings. The van der Waals surface area contributed by atoms with Crippen molar-refractivity contribution in [3.8, 4) is 97.7 Å². The first kappa shape index (κ1) is 53.3. The van der Waals surface area contributed by atoms with Crippen LogP contribution in [0.3, 0.4) is 0 Å². The minimum atomic E-state index is -2.57. The quantitative estimate of drug-likeness (QED) is 0.0862. The van der Waals surface area contributed by atoms with Crippen molar-refractivity contribution in [2.75, 3.05) is 0 Å². The third-order valence-electron chi connectivity index (χ3n) is 16.7. The molecule has 0 amide bonds. The van der Waals surface area contributed by atoms with Crippen molar-refractivity contribution < 1.29 is 121 Å². The fourth-order valence-corrected chi connectivity index (χ4v) is 12.9. The number of aliphatic hydroxyl groups excluding tert-OH is 6. The van der Waals surface area contributed by atoms with E-state index in [0.717, 1.165) is 72.8 Å². The number of hydrogen-bond donors (Lipinski definition) is 19. The summed E-state index contributed by atoms with van der Waals surface area (Å²) in [4.78, 5) is 0. The monoisotopic (exact) mass is 1150 g/mol. The van der Waals surface area contributed by atoms with Gasteiger partial charge in [0.2, 0.25) is 0 Å². The molecule has 84 heavy (non-hydrogen) atoms. The summed E-state index contributed by atoms with van der Waals surface area (Å²) < 4.78 is 32.6. The van der Waals surface area contributed by atoms with Crippen LogP contribution in [-0.2, 0) is 16.9 Å². The molecule has 0 saturated carbocycles. The largest absolute Gasteiger partial charge is 0.512 e. The molecule has 2 bridgehead atoms. The van der Waals surface area contributed by atoms with E-state index in [4.69, 9.17) is 23.7 Å². The maximum absolute atomic E-state index is 13.2. The molecular formula is C60H50O24. The standard InChI is InChI=1S/C60H50O24/c61-23-13-34(71)42-39(14-23)80-55(20-2-6-26(63)31(68)10-20)52(77)48(42)43-36(73)17-40-46(51(43)76)50-47-41(84-60(83-40,59(50)79)22-4-8-28(65)33(70)12-22)18-37(74)45-49(53(78)56(82-58(45)47)21-3-7-27(64)32(69)11-21)44-35(72)16-29(66)24-15-38(75)54(81-57(24)44)19-1-5-25(62)30(67)9-19/h1-13,16-18,38-39,48-50,52-56,59,61-79H,14-15H2. The molecule has 1 fully saturated rings. The molecule has 7 aromatic carbocycles. The van der Waals surface area contributed by atoms with E-state index in [0.29, 0.717) is 0 Å². The van der Waals surface area contributed by atoms with Crippen molar-refractivity contribution in [3.63, 3.8) is 0 Å². The van der Waals surface area contributed by atoms with Gasteiger partial charge in [-0.1, -0.05) is 18.2 Å². The van der Waals surface area contributed by atoms with E-state index in [1.165, 1.54) is 24.3 Å². The zero-order valence-electron chi connectivity index (χ0n) is 43.0. The Morgan fingerprint density at radius 1 is 0.405 bits per heavy atom. The summed E-state index contributed by atoms with van der Waals surface area (Å²) in [6.45, 7) is 0. The van der Waals surface area contributed by atoms with Gasteiger partial charge < -0.3 is 121 Å². The van der Waals surface area contributed by atoms with Gasteiger partial charge >= 0.3 is 5.79 Å². The Kier molecular flexibility index (Phi) is 11.9. The molecule has 13 rings (SSSR count). The lowest BCUT2D eigenvalue weighted by Crippen LogP contribution is -2.57. The average molecular weight is 1160 g/mol. The van der Waals surface area contributed by atoms with Crippen LogP contribution in [0.1, 0.15) is 98.1 Å². The smallest absolute Gasteiger partial charge is 0.305 e. The lowest BCUT2D eigenvalue weighted by molar-refractivity contribution is -0.219. The Bertz CT molecular complexity index is 4020. The predicted molar refractivity (Wildman–Crippen MR) is 283 cm³/mol. The topological polar surface area (TPSA) is 431 Å². The van der Waals surface area contributed by atoms with Crippen LogP contribution in [0.5, 0.6) is 97.7 Å². The van der Waals surface area contributed by atoms with E-state index in [-0.39, 0.29) is 62.4 Å². The summed E-state index contributed by atoms with van der Waals surface area (Å²) in [5.41, 5.74) is -2.40. The second-order valence-corrected chi connectivity index (χ2v) is 21.5. The van der Waals surface area contributed by atoms with E-state index in [1.807, 2.05) is 0 Å².